The lowest BCUT2D eigenvalue weighted by atomic mass is 10.3. The number of aromatic nitrogens is 3. The average molecular weight is 223 g/mol. The minimum absolute atomic E-state index is 0.629. The zero-order chi connectivity index (χ0) is 9.97. The summed E-state index contributed by atoms with van der Waals surface area (Å²) in [6, 6.07) is 1.89. The molecule has 0 aliphatic rings. The van der Waals surface area contributed by atoms with Crippen LogP contribution in [0.4, 0.5) is 0 Å². The Morgan fingerprint density at radius 2 is 2.43 bits per heavy atom. The van der Waals surface area contributed by atoms with Gasteiger partial charge in [-0.25, -0.2) is 4.98 Å². The van der Waals surface area contributed by atoms with Crippen molar-refractivity contribution in [2.24, 2.45) is 0 Å². The maximum absolute atomic E-state index is 5.08. The topological polar surface area (TPSA) is 41.6 Å². The number of rotatable bonds is 2. The van der Waals surface area contributed by atoms with Gasteiger partial charge in [-0.3, -0.25) is 4.98 Å². The highest BCUT2D eigenvalue weighted by Gasteiger charge is 2.02. The van der Waals surface area contributed by atoms with E-state index in [1.165, 1.54) is 0 Å². The molecule has 0 aliphatic heterocycles. The summed E-state index contributed by atoms with van der Waals surface area (Å²) in [4.78, 5) is 12.5. The SMILES string of the molecule is CCc1cc(=S)nc(-c2cncs2)[nH]1. The molecule has 1 N–H and O–H groups in total. The van der Waals surface area contributed by atoms with E-state index in [2.05, 4.69) is 21.9 Å². The minimum atomic E-state index is 0.629. The third kappa shape index (κ3) is 1.88. The largest absolute Gasteiger partial charge is 0.342 e. The van der Waals surface area contributed by atoms with Gasteiger partial charge in [-0.2, -0.15) is 0 Å². The molecule has 2 rings (SSSR count). The van der Waals surface area contributed by atoms with Crippen molar-refractivity contribution < 1.29 is 0 Å². The molecule has 3 nitrogen and oxygen atoms in total. The Bertz CT molecular complexity index is 473. The summed E-state index contributed by atoms with van der Waals surface area (Å²) in [5.74, 6) is 0.817. The van der Waals surface area contributed by atoms with Crippen LogP contribution in [0, 0.1) is 4.64 Å². The lowest BCUT2D eigenvalue weighted by Crippen LogP contribution is -1.93. The van der Waals surface area contributed by atoms with Gasteiger partial charge in [-0.05, 0) is 12.5 Å². The van der Waals surface area contributed by atoms with Gasteiger partial charge < -0.3 is 4.98 Å². The third-order valence-corrected chi connectivity index (χ3v) is 2.83. The maximum atomic E-state index is 5.08. The molecule has 0 saturated heterocycles. The molecule has 0 unspecified atom stereocenters. The summed E-state index contributed by atoms with van der Waals surface area (Å²) in [5.41, 5.74) is 2.89. The lowest BCUT2D eigenvalue weighted by molar-refractivity contribution is 1.00. The summed E-state index contributed by atoms with van der Waals surface area (Å²) in [7, 11) is 0. The Labute approximate surface area is 90.9 Å². The number of H-pyrrole nitrogens is 1. The smallest absolute Gasteiger partial charge is 0.150 e. The molecule has 0 amide bonds. The molecule has 2 heterocycles. The molecule has 5 heteroatoms. The molecule has 14 heavy (non-hydrogen) atoms. The molecule has 0 atom stereocenters. The van der Waals surface area contributed by atoms with Crippen LogP contribution in [-0.4, -0.2) is 15.0 Å². The van der Waals surface area contributed by atoms with Gasteiger partial charge in [-0.1, -0.05) is 19.1 Å². The molecule has 0 fully saturated rings. The molecule has 2 aromatic heterocycles. The van der Waals surface area contributed by atoms with Crippen LogP contribution in [0.2, 0.25) is 0 Å². The Morgan fingerprint density at radius 1 is 1.57 bits per heavy atom. The van der Waals surface area contributed by atoms with E-state index in [0.717, 1.165) is 22.8 Å². The molecule has 0 aliphatic carbocycles. The maximum Gasteiger partial charge on any atom is 0.150 e. The third-order valence-electron chi connectivity index (χ3n) is 1.85. The highest BCUT2D eigenvalue weighted by atomic mass is 32.1. The highest BCUT2D eigenvalue weighted by molar-refractivity contribution is 7.71. The fourth-order valence-corrected chi connectivity index (χ4v) is 1.95. The lowest BCUT2D eigenvalue weighted by Gasteiger charge is -2.00. The second-order valence-electron chi connectivity index (χ2n) is 2.81. The van der Waals surface area contributed by atoms with Crippen molar-refractivity contribution in [1.29, 1.82) is 0 Å². The van der Waals surface area contributed by atoms with Gasteiger partial charge in [0.1, 0.15) is 4.64 Å². The van der Waals surface area contributed by atoms with Crippen LogP contribution >= 0.6 is 23.6 Å². The molecule has 0 spiro atoms. The van der Waals surface area contributed by atoms with Gasteiger partial charge in [0.05, 0.1) is 10.4 Å². The van der Waals surface area contributed by atoms with Gasteiger partial charge in [0, 0.05) is 11.9 Å². The number of nitrogens with one attached hydrogen (secondary N) is 1. The summed E-state index contributed by atoms with van der Waals surface area (Å²) in [6.07, 6.45) is 2.72. The normalized spacial score (nSPS) is 10.4. The van der Waals surface area contributed by atoms with E-state index in [9.17, 15) is 0 Å². The first kappa shape index (κ1) is 9.48. The molecule has 2 aromatic rings. The zero-order valence-electron chi connectivity index (χ0n) is 7.65. The van der Waals surface area contributed by atoms with Gasteiger partial charge in [-0.15, -0.1) is 11.3 Å². The molecular formula is C9H9N3S2. The molecule has 0 radical (unpaired) electrons. The van der Waals surface area contributed by atoms with Gasteiger partial charge in [0.2, 0.25) is 0 Å². The van der Waals surface area contributed by atoms with Crippen LogP contribution in [0.1, 0.15) is 12.6 Å². The number of thiazole rings is 1. The van der Waals surface area contributed by atoms with Crippen LogP contribution in [0.3, 0.4) is 0 Å². The number of aromatic amines is 1. The van der Waals surface area contributed by atoms with E-state index in [0.29, 0.717) is 4.64 Å². The van der Waals surface area contributed by atoms with Crippen molar-refractivity contribution in [3.8, 4) is 10.7 Å². The molecule has 72 valence electrons. The van der Waals surface area contributed by atoms with E-state index in [1.54, 1.807) is 23.0 Å². The number of aryl methyl sites for hydroxylation is 1. The van der Waals surface area contributed by atoms with Crippen molar-refractivity contribution in [3.05, 3.63) is 28.1 Å². The Balaban J connectivity index is 2.54. The van der Waals surface area contributed by atoms with Crippen molar-refractivity contribution >= 4 is 23.6 Å². The summed E-state index contributed by atoms with van der Waals surface area (Å²) in [5, 5.41) is 0. The monoisotopic (exact) mass is 223 g/mol. The first-order valence-corrected chi connectivity index (χ1v) is 5.57. The van der Waals surface area contributed by atoms with Crippen LogP contribution in [0.25, 0.3) is 10.7 Å². The number of hydrogen-bond donors (Lipinski definition) is 1. The van der Waals surface area contributed by atoms with E-state index < -0.39 is 0 Å². The molecular weight excluding hydrogens is 214 g/mol. The average Bonchev–Trinajstić information content (AvgIpc) is 2.69. The second-order valence-corrected chi connectivity index (χ2v) is 4.12. The summed E-state index contributed by atoms with van der Waals surface area (Å²) < 4.78 is 0.629. The van der Waals surface area contributed by atoms with E-state index in [1.807, 2.05) is 6.07 Å². The number of hydrogen-bond acceptors (Lipinski definition) is 4. The van der Waals surface area contributed by atoms with Crippen LogP contribution in [0.15, 0.2) is 17.8 Å². The quantitative estimate of drug-likeness (QED) is 0.796. The molecule has 0 aromatic carbocycles. The van der Waals surface area contributed by atoms with Crippen LogP contribution in [-0.2, 0) is 6.42 Å². The number of nitrogens with zero attached hydrogens (tertiary/aromatic N) is 2. The van der Waals surface area contributed by atoms with Crippen molar-refractivity contribution in [1.82, 2.24) is 15.0 Å². The van der Waals surface area contributed by atoms with Crippen molar-refractivity contribution in [3.63, 3.8) is 0 Å². The van der Waals surface area contributed by atoms with E-state index in [-0.39, 0.29) is 0 Å². The fraction of sp³-hybridized carbons (Fsp3) is 0.222. The highest BCUT2D eigenvalue weighted by Crippen LogP contribution is 2.19. The minimum Gasteiger partial charge on any atom is -0.342 e. The van der Waals surface area contributed by atoms with Crippen molar-refractivity contribution in [2.75, 3.05) is 0 Å². The van der Waals surface area contributed by atoms with Crippen LogP contribution in [0.5, 0.6) is 0 Å². The van der Waals surface area contributed by atoms with Crippen molar-refractivity contribution in [2.45, 2.75) is 13.3 Å². The predicted octanol–water partition coefficient (Wildman–Crippen LogP) is 2.83. The van der Waals surface area contributed by atoms with Gasteiger partial charge >= 0.3 is 0 Å². The van der Waals surface area contributed by atoms with E-state index in [4.69, 9.17) is 12.2 Å². The van der Waals surface area contributed by atoms with E-state index >= 15 is 0 Å². The standard InChI is InChI=1S/C9H9N3S2/c1-2-6-3-8(13)12-9(11-6)7-4-10-5-14-7/h3-5H,2H2,1H3,(H,11,12,13). The first-order chi connectivity index (χ1) is 6.79. The fourth-order valence-electron chi connectivity index (χ4n) is 1.15. The molecule has 0 saturated carbocycles. The van der Waals surface area contributed by atoms with Gasteiger partial charge in [0.25, 0.3) is 0 Å². The van der Waals surface area contributed by atoms with Crippen LogP contribution < -0.4 is 0 Å². The first-order valence-electron chi connectivity index (χ1n) is 4.28. The predicted molar refractivity (Wildman–Crippen MR) is 59.9 cm³/mol. The summed E-state index contributed by atoms with van der Waals surface area (Å²) in [6.45, 7) is 2.08. The Hall–Kier alpha value is -1.07. The van der Waals surface area contributed by atoms with Gasteiger partial charge in [0.15, 0.2) is 5.82 Å². The Kier molecular flexibility index (Phi) is 2.69. The second kappa shape index (κ2) is 3.98. The zero-order valence-corrected chi connectivity index (χ0v) is 9.28. The summed E-state index contributed by atoms with van der Waals surface area (Å²) >= 11 is 6.63. The Morgan fingerprint density at radius 3 is 3.07 bits per heavy atom. The molecule has 0 bridgehead atoms.